The molecule has 0 aromatic heterocycles. The van der Waals surface area contributed by atoms with Crippen LogP contribution in [0.15, 0.2) is 24.4 Å². The van der Waals surface area contributed by atoms with E-state index < -0.39 is 30.1 Å². The number of urea groups is 1. The van der Waals surface area contributed by atoms with Crippen molar-refractivity contribution in [3.63, 3.8) is 0 Å². The minimum absolute atomic E-state index is 0.0406. The van der Waals surface area contributed by atoms with Gasteiger partial charge in [0.2, 0.25) is 11.8 Å². The topological polar surface area (TPSA) is 121 Å². The molecule has 2 bridgehead atoms. The van der Waals surface area contributed by atoms with Crippen LogP contribution in [-0.2, 0) is 14.4 Å². The molecule has 11 nitrogen and oxygen atoms in total. The Kier molecular flexibility index (Phi) is 12.8. The van der Waals surface area contributed by atoms with Gasteiger partial charge >= 0.3 is 6.03 Å². The number of carbonyl (C=O) groups is 4. The first-order valence-electron chi connectivity index (χ1n) is 16.3. The van der Waals surface area contributed by atoms with Crippen molar-refractivity contribution >= 4 is 29.7 Å². The number of ketones is 1. The summed E-state index contributed by atoms with van der Waals surface area (Å²) >= 11 is 0. The van der Waals surface area contributed by atoms with Gasteiger partial charge in [0.05, 0.1) is 19.7 Å². The number of nitrogens with zero attached hydrogens (tertiary/aromatic N) is 3. The summed E-state index contributed by atoms with van der Waals surface area (Å²) in [5.41, 5.74) is 0.689. The van der Waals surface area contributed by atoms with Gasteiger partial charge in [0.25, 0.3) is 0 Å². The Bertz CT molecular complexity index is 1240. The predicted octanol–water partition coefficient (Wildman–Crippen LogP) is 3.91. The second-order valence-electron chi connectivity index (χ2n) is 12.6. The van der Waals surface area contributed by atoms with Gasteiger partial charge in [-0.2, -0.15) is 0 Å². The highest BCUT2D eigenvalue weighted by Gasteiger charge is 2.47. The fourth-order valence-electron chi connectivity index (χ4n) is 6.14. The maximum Gasteiger partial charge on any atom is 0.321 e. The quantitative estimate of drug-likeness (QED) is 0.382. The van der Waals surface area contributed by atoms with Gasteiger partial charge in [0, 0.05) is 30.8 Å². The largest absolute Gasteiger partial charge is 0.496 e. The van der Waals surface area contributed by atoms with E-state index in [1.807, 2.05) is 53.6 Å². The number of benzene rings is 1. The van der Waals surface area contributed by atoms with E-state index in [4.69, 9.17) is 9.47 Å². The van der Waals surface area contributed by atoms with E-state index in [2.05, 4.69) is 17.6 Å². The van der Waals surface area contributed by atoms with Crippen LogP contribution in [0, 0.1) is 11.8 Å². The predicted molar refractivity (Wildman–Crippen MR) is 175 cm³/mol. The Morgan fingerprint density at radius 2 is 1.78 bits per heavy atom. The van der Waals surface area contributed by atoms with E-state index in [9.17, 15) is 19.2 Å². The normalized spacial score (nSPS) is 22.8. The number of rotatable bonds is 11. The maximum atomic E-state index is 14.4. The Morgan fingerprint density at radius 1 is 1.07 bits per heavy atom. The van der Waals surface area contributed by atoms with E-state index >= 15 is 0 Å². The maximum absolute atomic E-state index is 14.4. The van der Waals surface area contributed by atoms with Crippen molar-refractivity contribution in [2.45, 2.75) is 97.5 Å². The SMILES string of the molecule is CC[C@@H](C)[C@@H](C(=O)CN(C(=O)N1CC[C@H]2Oc3ccc(OC)c(c3)C=CNC(=O)[C@H]([C@@H](C)CC)NC(=O)[C@H]21)[C@H](C)CC)N(C)C. The third kappa shape index (κ3) is 8.36. The van der Waals surface area contributed by atoms with Crippen LogP contribution in [-0.4, -0.2) is 103 Å². The smallest absolute Gasteiger partial charge is 0.321 e. The van der Waals surface area contributed by atoms with Crippen LogP contribution in [0.25, 0.3) is 6.08 Å². The first kappa shape index (κ1) is 35.9. The molecular formula is C34H53N5O6. The first-order valence-corrected chi connectivity index (χ1v) is 16.3. The molecular weight excluding hydrogens is 574 g/mol. The number of Topliss-reactive ketones (excluding diaryl/α,β-unsaturated/α-hetero) is 1. The number of carbonyl (C=O) groups excluding carboxylic acids is 4. The molecule has 250 valence electrons. The van der Waals surface area contributed by atoms with Crippen LogP contribution >= 0.6 is 0 Å². The van der Waals surface area contributed by atoms with Gasteiger partial charge in [-0.1, -0.05) is 47.5 Å². The molecule has 2 N–H and O–H groups in total. The minimum Gasteiger partial charge on any atom is -0.496 e. The van der Waals surface area contributed by atoms with Gasteiger partial charge in [-0.15, -0.1) is 0 Å². The van der Waals surface area contributed by atoms with Crippen LogP contribution in [0.2, 0.25) is 0 Å². The summed E-state index contributed by atoms with van der Waals surface area (Å²) in [4.78, 5) is 60.6. The zero-order chi connectivity index (χ0) is 33.4. The van der Waals surface area contributed by atoms with Crippen molar-refractivity contribution in [2.24, 2.45) is 11.8 Å². The van der Waals surface area contributed by atoms with Crippen LogP contribution in [0.5, 0.6) is 11.5 Å². The molecule has 2 aliphatic rings. The first-order chi connectivity index (χ1) is 21.4. The third-order valence-electron chi connectivity index (χ3n) is 9.39. The lowest BCUT2D eigenvalue weighted by Crippen LogP contribution is -2.60. The lowest BCUT2D eigenvalue weighted by molar-refractivity contribution is -0.133. The Labute approximate surface area is 268 Å². The van der Waals surface area contributed by atoms with E-state index in [1.165, 1.54) is 11.1 Å². The summed E-state index contributed by atoms with van der Waals surface area (Å²) in [6.07, 6.45) is 5.09. The lowest BCUT2D eigenvalue weighted by Gasteiger charge is -2.37. The molecule has 11 heteroatoms. The fourth-order valence-corrected chi connectivity index (χ4v) is 6.14. The van der Waals surface area contributed by atoms with Crippen molar-refractivity contribution in [3.8, 4) is 11.5 Å². The summed E-state index contributed by atoms with van der Waals surface area (Å²) < 4.78 is 11.9. The number of likely N-dealkylation sites (tertiary alicyclic amines) is 1. The molecule has 3 rings (SSSR count). The number of nitrogens with one attached hydrogen (secondary N) is 2. The van der Waals surface area contributed by atoms with Gasteiger partial charge in [-0.05, 0) is 63.6 Å². The molecule has 2 aliphatic heterocycles. The summed E-state index contributed by atoms with van der Waals surface area (Å²) in [6, 6.07) is 2.48. The Balaban J connectivity index is 2.03. The van der Waals surface area contributed by atoms with Crippen LogP contribution in [0.4, 0.5) is 4.79 Å². The number of amides is 4. The monoisotopic (exact) mass is 627 g/mol. The molecule has 0 aliphatic carbocycles. The Hall–Kier alpha value is -3.60. The number of hydrogen-bond acceptors (Lipinski definition) is 7. The number of methoxy groups -OCH3 is 1. The zero-order valence-electron chi connectivity index (χ0n) is 28.5. The third-order valence-corrected chi connectivity index (χ3v) is 9.39. The van der Waals surface area contributed by atoms with Crippen molar-refractivity contribution in [3.05, 3.63) is 30.0 Å². The highest BCUT2D eigenvalue weighted by molar-refractivity contribution is 5.94. The summed E-state index contributed by atoms with van der Waals surface area (Å²) in [7, 11) is 5.33. The standard InChI is InChI=1S/C34H53N5O6/c1-10-21(4)29-32(41)35-17-15-24-19-25(13-14-27(24)44-9)45-28-16-18-38(31(28)33(42)36-29)34(43)39(23(6)12-3)20-26(40)30(37(7)8)22(5)11-2/h13-15,17,19,21-23,28-31H,10-12,16,18,20H2,1-9H3,(H,35,41)(H,36,42)/t21-,22+,23+,28+,29-,30-,31-/m0/s1. The zero-order valence-corrected chi connectivity index (χ0v) is 28.5. The summed E-state index contributed by atoms with van der Waals surface area (Å²) in [6.45, 7) is 12.0. The molecule has 1 saturated heterocycles. The number of likely N-dealkylation sites (N-methyl/N-ethyl adjacent to an activating group) is 1. The summed E-state index contributed by atoms with van der Waals surface area (Å²) in [5.74, 6) is 0.171. The fraction of sp³-hybridized carbons (Fsp3) is 0.647. The molecule has 1 aromatic rings. The molecule has 2 heterocycles. The van der Waals surface area contributed by atoms with E-state index in [1.54, 1.807) is 36.3 Å². The molecule has 0 saturated carbocycles. The van der Waals surface area contributed by atoms with Crippen molar-refractivity contribution < 1.29 is 28.7 Å². The minimum atomic E-state index is -1.02. The van der Waals surface area contributed by atoms with Gasteiger partial charge in [0.15, 0.2) is 5.78 Å². The van der Waals surface area contributed by atoms with Crippen LogP contribution in [0.1, 0.15) is 72.8 Å². The second kappa shape index (κ2) is 16.1. The van der Waals surface area contributed by atoms with Crippen molar-refractivity contribution in [2.75, 3.05) is 34.3 Å². The highest BCUT2D eigenvalue weighted by Crippen LogP contribution is 2.31. The Morgan fingerprint density at radius 3 is 2.38 bits per heavy atom. The summed E-state index contributed by atoms with van der Waals surface area (Å²) in [5, 5.41) is 5.74. The molecule has 1 aromatic carbocycles. The number of ether oxygens (including phenoxy) is 2. The van der Waals surface area contributed by atoms with E-state index in [-0.39, 0.29) is 48.7 Å². The van der Waals surface area contributed by atoms with Crippen molar-refractivity contribution in [1.82, 2.24) is 25.3 Å². The molecule has 45 heavy (non-hydrogen) atoms. The molecule has 0 radical (unpaired) electrons. The van der Waals surface area contributed by atoms with Crippen molar-refractivity contribution in [1.29, 1.82) is 0 Å². The second-order valence-corrected chi connectivity index (χ2v) is 12.6. The molecule has 0 spiro atoms. The van der Waals surface area contributed by atoms with Crippen LogP contribution in [0.3, 0.4) is 0 Å². The molecule has 4 amide bonds. The molecule has 7 atom stereocenters. The van der Waals surface area contributed by atoms with Gasteiger partial charge in [0.1, 0.15) is 29.7 Å². The van der Waals surface area contributed by atoms with E-state index in [0.717, 1.165) is 6.42 Å². The van der Waals surface area contributed by atoms with Gasteiger partial charge < -0.3 is 29.9 Å². The van der Waals surface area contributed by atoms with Gasteiger partial charge in [-0.3, -0.25) is 19.3 Å². The lowest BCUT2D eigenvalue weighted by atomic mass is 9.94. The molecule has 0 unspecified atom stereocenters. The average molecular weight is 628 g/mol. The van der Waals surface area contributed by atoms with Crippen LogP contribution < -0.4 is 20.1 Å². The highest BCUT2D eigenvalue weighted by atomic mass is 16.5. The number of hydrogen-bond donors (Lipinski definition) is 2. The number of fused-ring (bicyclic) bond motifs is 3. The van der Waals surface area contributed by atoms with Gasteiger partial charge in [-0.25, -0.2) is 4.79 Å². The molecule has 1 fully saturated rings. The van der Waals surface area contributed by atoms with E-state index in [0.29, 0.717) is 36.3 Å². The average Bonchev–Trinajstić information content (AvgIpc) is 3.44.